The third kappa shape index (κ3) is 3.62. The molecule has 3 aromatic heterocycles. The van der Waals surface area contributed by atoms with Crippen LogP contribution < -0.4 is 5.32 Å². The molecule has 0 atom stereocenters. The third-order valence-electron chi connectivity index (χ3n) is 4.89. The molecule has 1 N–H and O–H groups in total. The van der Waals surface area contributed by atoms with Crippen LogP contribution in [0, 0.1) is 0 Å². The van der Waals surface area contributed by atoms with Crippen molar-refractivity contribution < 1.29 is 9.32 Å². The van der Waals surface area contributed by atoms with Gasteiger partial charge in [0.25, 0.3) is 0 Å². The lowest BCUT2D eigenvalue weighted by Crippen LogP contribution is -2.44. The quantitative estimate of drug-likeness (QED) is 0.757. The average Bonchev–Trinajstić information content (AvgIpc) is 3.36. The highest BCUT2D eigenvalue weighted by Gasteiger charge is 2.27. The SMILES string of the molecule is CC(C)c1nc(C2CCN(C(=O)NCc3ccnc4ccnn34)CC2)no1. The number of urea groups is 1. The lowest BCUT2D eigenvalue weighted by Gasteiger charge is -2.30. The number of nitrogens with one attached hydrogen (secondary N) is 1. The lowest BCUT2D eigenvalue weighted by molar-refractivity contribution is 0.179. The minimum Gasteiger partial charge on any atom is -0.339 e. The van der Waals surface area contributed by atoms with Crippen LogP contribution in [0.15, 0.2) is 29.0 Å². The molecule has 2 amide bonds. The molecular formula is C18H23N7O2. The van der Waals surface area contributed by atoms with Crippen molar-refractivity contribution in [3.8, 4) is 0 Å². The molecule has 9 heteroatoms. The standard InChI is InChI=1S/C18H23N7O2/c1-12(2)17-22-16(23-27-17)13-5-9-24(10-6-13)18(26)20-11-14-3-7-19-15-4-8-21-25(14)15/h3-4,7-8,12-13H,5-6,9-11H2,1-2H3,(H,20,26). The molecule has 142 valence electrons. The monoisotopic (exact) mass is 369 g/mol. The van der Waals surface area contributed by atoms with Gasteiger partial charge in [0.05, 0.1) is 18.4 Å². The lowest BCUT2D eigenvalue weighted by atomic mass is 9.96. The van der Waals surface area contributed by atoms with Crippen molar-refractivity contribution in [3.05, 3.63) is 41.9 Å². The number of nitrogens with zero attached hydrogens (tertiary/aromatic N) is 6. The first-order chi connectivity index (χ1) is 13.1. The molecule has 27 heavy (non-hydrogen) atoms. The van der Waals surface area contributed by atoms with Crippen molar-refractivity contribution in [2.45, 2.75) is 45.1 Å². The fraction of sp³-hybridized carbons (Fsp3) is 0.500. The van der Waals surface area contributed by atoms with E-state index >= 15 is 0 Å². The Labute approximate surface area is 156 Å². The number of aromatic nitrogens is 5. The van der Waals surface area contributed by atoms with E-state index in [9.17, 15) is 4.79 Å². The smallest absolute Gasteiger partial charge is 0.317 e. The van der Waals surface area contributed by atoms with E-state index in [0.717, 1.165) is 30.0 Å². The normalized spacial score (nSPS) is 15.6. The summed E-state index contributed by atoms with van der Waals surface area (Å²) in [6.45, 7) is 5.82. The first kappa shape index (κ1) is 17.4. The summed E-state index contributed by atoms with van der Waals surface area (Å²) in [7, 11) is 0. The van der Waals surface area contributed by atoms with E-state index in [1.807, 2.05) is 30.9 Å². The number of carbonyl (C=O) groups is 1. The van der Waals surface area contributed by atoms with E-state index in [0.29, 0.717) is 25.5 Å². The van der Waals surface area contributed by atoms with Crippen LogP contribution in [0.5, 0.6) is 0 Å². The molecule has 0 aliphatic carbocycles. The Morgan fingerprint density at radius 2 is 2.11 bits per heavy atom. The van der Waals surface area contributed by atoms with Crippen molar-refractivity contribution in [1.82, 2.24) is 35.0 Å². The number of piperidine rings is 1. The summed E-state index contributed by atoms with van der Waals surface area (Å²) < 4.78 is 7.03. The predicted molar refractivity (Wildman–Crippen MR) is 97.2 cm³/mol. The summed E-state index contributed by atoms with van der Waals surface area (Å²) in [6, 6.07) is 3.62. The fourth-order valence-electron chi connectivity index (χ4n) is 3.29. The Bertz CT molecular complexity index is 925. The molecule has 1 saturated heterocycles. The molecule has 0 spiro atoms. The highest BCUT2D eigenvalue weighted by Crippen LogP contribution is 2.27. The zero-order valence-corrected chi connectivity index (χ0v) is 15.5. The van der Waals surface area contributed by atoms with E-state index in [2.05, 4.69) is 25.5 Å². The number of carbonyl (C=O) groups excluding carboxylic acids is 1. The van der Waals surface area contributed by atoms with Gasteiger partial charge in [-0.15, -0.1) is 0 Å². The van der Waals surface area contributed by atoms with Crippen LogP contribution in [0.25, 0.3) is 5.65 Å². The number of hydrogen-bond donors (Lipinski definition) is 1. The van der Waals surface area contributed by atoms with Crippen LogP contribution in [0.4, 0.5) is 4.79 Å². The van der Waals surface area contributed by atoms with Gasteiger partial charge in [-0.2, -0.15) is 10.1 Å². The Kier molecular flexibility index (Phi) is 4.74. The van der Waals surface area contributed by atoms with Crippen LogP contribution in [0.3, 0.4) is 0 Å². The Balaban J connectivity index is 1.31. The summed E-state index contributed by atoms with van der Waals surface area (Å²) in [5.41, 5.74) is 1.66. The van der Waals surface area contributed by atoms with Crippen LogP contribution in [0.2, 0.25) is 0 Å². The van der Waals surface area contributed by atoms with Gasteiger partial charge in [-0.25, -0.2) is 14.3 Å². The predicted octanol–water partition coefficient (Wildman–Crippen LogP) is 2.32. The van der Waals surface area contributed by atoms with E-state index in [1.165, 1.54) is 0 Å². The van der Waals surface area contributed by atoms with Gasteiger partial charge >= 0.3 is 6.03 Å². The summed E-state index contributed by atoms with van der Waals surface area (Å²) >= 11 is 0. The molecule has 0 bridgehead atoms. The number of hydrogen-bond acceptors (Lipinski definition) is 6. The molecule has 1 aliphatic heterocycles. The number of likely N-dealkylation sites (tertiary alicyclic amines) is 1. The molecule has 0 unspecified atom stereocenters. The maximum absolute atomic E-state index is 12.5. The number of rotatable bonds is 4. The molecule has 0 aromatic carbocycles. The van der Waals surface area contributed by atoms with Crippen LogP contribution in [-0.2, 0) is 6.54 Å². The fourth-order valence-corrected chi connectivity index (χ4v) is 3.29. The van der Waals surface area contributed by atoms with Crippen LogP contribution >= 0.6 is 0 Å². The molecule has 0 saturated carbocycles. The largest absolute Gasteiger partial charge is 0.339 e. The number of fused-ring (bicyclic) bond motifs is 1. The molecule has 3 aromatic rings. The summed E-state index contributed by atoms with van der Waals surface area (Å²) in [5.74, 6) is 1.91. The second kappa shape index (κ2) is 7.34. The minimum atomic E-state index is -0.0680. The highest BCUT2D eigenvalue weighted by molar-refractivity contribution is 5.74. The summed E-state index contributed by atoms with van der Waals surface area (Å²) in [4.78, 5) is 23.1. The van der Waals surface area contributed by atoms with E-state index in [4.69, 9.17) is 4.52 Å². The summed E-state index contributed by atoms with van der Waals surface area (Å²) in [5, 5.41) is 11.3. The van der Waals surface area contributed by atoms with Gasteiger partial charge in [0.2, 0.25) is 5.89 Å². The van der Waals surface area contributed by atoms with Crippen molar-refractivity contribution in [2.75, 3.05) is 13.1 Å². The van der Waals surface area contributed by atoms with Crippen LogP contribution in [0.1, 0.15) is 55.9 Å². The maximum Gasteiger partial charge on any atom is 0.317 e. The zero-order valence-electron chi connectivity index (χ0n) is 15.5. The van der Waals surface area contributed by atoms with E-state index in [1.54, 1.807) is 16.9 Å². The van der Waals surface area contributed by atoms with Gasteiger partial charge < -0.3 is 14.7 Å². The van der Waals surface area contributed by atoms with Gasteiger partial charge in [-0.05, 0) is 18.9 Å². The first-order valence-electron chi connectivity index (χ1n) is 9.25. The second-order valence-electron chi connectivity index (χ2n) is 7.10. The second-order valence-corrected chi connectivity index (χ2v) is 7.10. The summed E-state index contributed by atoms with van der Waals surface area (Å²) in [6.07, 6.45) is 5.09. The highest BCUT2D eigenvalue weighted by atomic mass is 16.5. The molecule has 9 nitrogen and oxygen atoms in total. The van der Waals surface area contributed by atoms with Crippen molar-refractivity contribution in [3.63, 3.8) is 0 Å². The van der Waals surface area contributed by atoms with Gasteiger partial charge in [0.1, 0.15) is 0 Å². The molecule has 4 heterocycles. The van der Waals surface area contributed by atoms with Gasteiger partial charge in [-0.3, -0.25) is 0 Å². The van der Waals surface area contributed by atoms with Crippen molar-refractivity contribution in [1.29, 1.82) is 0 Å². The maximum atomic E-state index is 12.5. The topological polar surface area (TPSA) is 101 Å². The Hall–Kier alpha value is -2.97. The van der Waals surface area contributed by atoms with Crippen molar-refractivity contribution >= 4 is 11.7 Å². The molecule has 0 radical (unpaired) electrons. The average molecular weight is 369 g/mol. The Morgan fingerprint density at radius 3 is 2.85 bits per heavy atom. The minimum absolute atomic E-state index is 0.0680. The molecule has 1 fully saturated rings. The van der Waals surface area contributed by atoms with Gasteiger partial charge in [-0.1, -0.05) is 19.0 Å². The molecule has 4 rings (SSSR count). The molecular weight excluding hydrogens is 346 g/mol. The van der Waals surface area contributed by atoms with Crippen LogP contribution in [-0.4, -0.2) is 48.8 Å². The number of amides is 2. The van der Waals surface area contributed by atoms with Crippen molar-refractivity contribution in [2.24, 2.45) is 0 Å². The first-order valence-corrected chi connectivity index (χ1v) is 9.25. The van der Waals surface area contributed by atoms with E-state index in [-0.39, 0.29) is 17.9 Å². The van der Waals surface area contributed by atoms with Gasteiger partial charge in [0, 0.05) is 37.2 Å². The van der Waals surface area contributed by atoms with E-state index < -0.39 is 0 Å². The van der Waals surface area contributed by atoms with Gasteiger partial charge in [0.15, 0.2) is 11.5 Å². The molecule has 1 aliphatic rings. The third-order valence-corrected chi connectivity index (χ3v) is 4.89. The Morgan fingerprint density at radius 1 is 1.30 bits per heavy atom. The zero-order chi connectivity index (χ0) is 18.8.